The molecule has 2 N–H and O–H groups in total. The average Bonchev–Trinajstić information content (AvgIpc) is 2.46. The van der Waals surface area contributed by atoms with Gasteiger partial charge in [-0.1, -0.05) is 45.8 Å². The lowest BCUT2D eigenvalue weighted by Crippen LogP contribution is -2.24. The number of aliphatic hydroxyl groups excluding tert-OH is 1. The van der Waals surface area contributed by atoms with Crippen molar-refractivity contribution in [1.82, 2.24) is 5.32 Å². The van der Waals surface area contributed by atoms with Gasteiger partial charge in [-0.15, -0.1) is 0 Å². The third-order valence-corrected chi connectivity index (χ3v) is 3.75. The fraction of sp³-hybridized carbons (Fsp3) is 0.333. The SMILES string of the molecule is Cc1cccc(COc2ccc(Br)cc2CNC[C@@H](C)O)c1. The number of ether oxygens (including phenoxy) is 1. The highest BCUT2D eigenvalue weighted by Crippen LogP contribution is 2.24. The standard InChI is InChI=1S/C18H22BrNO2/c1-13-4-3-5-15(8-13)12-22-18-7-6-17(19)9-16(18)11-20-10-14(2)21/h3-9,14,20-21H,10-12H2,1-2H3/t14-/m1/s1. The minimum atomic E-state index is -0.358. The smallest absolute Gasteiger partial charge is 0.124 e. The van der Waals surface area contributed by atoms with Gasteiger partial charge in [-0.25, -0.2) is 0 Å². The molecule has 0 saturated carbocycles. The van der Waals surface area contributed by atoms with Gasteiger partial charge < -0.3 is 15.2 Å². The summed E-state index contributed by atoms with van der Waals surface area (Å²) in [5.74, 6) is 0.864. The van der Waals surface area contributed by atoms with Crippen molar-refractivity contribution >= 4 is 15.9 Å². The van der Waals surface area contributed by atoms with Crippen LogP contribution in [0, 0.1) is 6.92 Å². The van der Waals surface area contributed by atoms with Gasteiger partial charge in [0.15, 0.2) is 0 Å². The molecule has 3 nitrogen and oxygen atoms in total. The van der Waals surface area contributed by atoms with E-state index in [4.69, 9.17) is 4.74 Å². The summed E-state index contributed by atoms with van der Waals surface area (Å²) in [5, 5.41) is 12.6. The van der Waals surface area contributed by atoms with Crippen molar-refractivity contribution in [1.29, 1.82) is 0 Å². The van der Waals surface area contributed by atoms with Crippen LogP contribution in [0.5, 0.6) is 5.75 Å². The number of aryl methyl sites for hydroxylation is 1. The molecule has 1 atom stereocenters. The van der Waals surface area contributed by atoms with E-state index in [2.05, 4.69) is 46.4 Å². The Kier molecular flexibility index (Phi) is 6.43. The second-order valence-electron chi connectivity index (χ2n) is 5.51. The summed E-state index contributed by atoms with van der Waals surface area (Å²) in [6.45, 7) is 5.61. The predicted octanol–water partition coefficient (Wildman–Crippen LogP) is 3.81. The van der Waals surface area contributed by atoms with Crippen LogP contribution in [-0.2, 0) is 13.2 Å². The summed E-state index contributed by atoms with van der Waals surface area (Å²) in [6, 6.07) is 14.3. The highest BCUT2D eigenvalue weighted by molar-refractivity contribution is 9.10. The van der Waals surface area contributed by atoms with Crippen molar-refractivity contribution in [3.05, 3.63) is 63.6 Å². The van der Waals surface area contributed by atoms with Crippen molar-refractivity contribution in [2.75, 3.05) is 6.54 Å². The maximum Gasteiger partial charge on any atom is 0.124 e. The summed E-state index contributed by atoms with van der Waals surface area (Å²) in [4.78, 5) is 0. The van der Waals surface area contributed by atoms with Gasteiger partial charge in [0.1, 0.15) is 12.4 Å². The van der Waals surface area contributed by atoms with E-state index in [1.807, 2.05) is 24.3 Å². The Bertz CT molecular complexity index is 614. The summed E-state index contributed by atoms with van der Waals surface area (Å²) < 4.78 is 6.99. The molecule has 118 valence electrons. The Hall–Kier alpha value is -1.36. The molecule has 0 aromatic heterocycles. The molecule has 4 heteroatoms. The second kappa shape index (κ2) is 8.32. The monoisotopic (exact) mass is 363 g/mol. The zero-order valence-electron chi connectivity index (χ0n) is 13.0. The predicted molar refractivity (Wildman–Crippen MR) is 93.0 cm³/mol. The summed E-state index contributed by atoms with van der Waals surface area (Å²) in [6.07, 6.45) is -0.358. The van der Waals surface area contributed by atoms with Crippen LogP contribution in [0.4, 0.5) is 0 Å². The number of aliphatic hydroxyl groups is 1. The van der Waals surface area contributed by atoms with Gasteiger partial charge in [0.05, 0.1) is 6.10 Å². The molecule has 0 aliphatic carbocycles. The summed E-state index contributed by atoms with van der Waals surface area (Å²) in [7, 11) is 0. The first kappa shape index (κ1) is 17.0. The van der Waals surface area contributed by atoms with Crippen LogP contribution in [0.25, 0.3) is 0 Å². The van der Waals surface area contributed by atoms with E-state index in [0.717, 1.165) is 21.3 Å². The lowest BCUT2D eigenvalue weighted by atomic mass is 10.1. The number of benzene rings is 2. The first-order chi connectivity index (χ1) is 10.5. The molecule has 0 aliphatic rings. The zero-order valence-corrected chi connectivity index (χ0v) is 14.6. The molecule has 0 aliphatic heterocycles. The molecule has 0 spiro atoms. The molecule has 2 aromatic rings. The normalized spacial score (nSPS) is 12.2. The number of rotatable bonds is 7. The Morgan fingerprint density at radius 2 is 2.05 bits per heavy atom. The minimum absolute atomic E-state index is 0.358. The van der Waals surface area contributed by atoms with Gasteiger partial charge in [0, 0.05) is 23.1 Å². The van der Waals surface area contributed by atoms with Gasteiger partial charge in [-0.2, -0.15) is 0 Å². The van der Waals surface area contributed by atoms with Crippen LogP contribution in [0.15, 0.2) is 46.9 Å². The van der Waals surface area contributed by atoms with Crippen LogP contribution >= 0.6 is 15.9 Å². The molecule has 0 heterocycles. The van der Waals surface area contributed by atoms with Crippen molar-refractivity contribution < 1.29 is 9.84 Å². The van der Waals surface area contributed by atoms with Crippen LogP contribution in [0.1, 0.15) is 23.6 Å². The Balaban J connectivity index is 2.03. The third-order valence-electron chi connectivity index (χ3n) is 3.25. The molecule has 2 rings (SSSR count). The maximum atomic E-state index is 9.33. The van der Waals surface area contributed by atoms with Gasteiger partial charge in [-0.05, 0) is 37.6 Å². The van der Waals surface area contributed by atoms with Gasteiger partial charge in [0.2, 0.25) is 0 Å². The zero-order chi connectivity index (χ0) is 15.9. The number of hydrogen-bond donors (Lipinski definition) is 2. The Morgan fingerprint density at radius 1 is 1.23 bits per heavy atom. The van der Waals surface area contributed by atoms with E-state index in [1.165, 1.54) is 5.56 Å². The van der Waals surface area contributed by atoms with Crippen LogP contribution in [0.2, 0.25) is 0 Å². The van der Waals surface area contributed by atoms with E-state index in [0.29, 0.717) is 19.7 Å². The lowest BCUT2D eigenvalue weighted by molar-refractivity contribution is 0.190. The molecule has 0 bridgehead atoms. The molecule has 0 unspecified atom stereocenters. The average molecular weight is 364 g/mol. The van der Waals surface area contributed by atoms with Crippen LogP contribution in [0.3, 0.4) is 0 Å². The molecule has 0 radical (unpaired) electrons. The highest BCUT2D eigenvalue weighted by Gasteiger charge is 2.06. The summed E-state index contributed by atoms with van der Waals surface area (Å²) >= 11 is 3.49. The van der Waals surface area contributed by atoms with E-state index in [9.17, 15) is 5.11 Å². The van der Waals surface area contributed by atoms with Gasteiger partial charge in [0.25, 0.3) is 0 Å². The van der Waals surface area contributed by atoms with Crippen molar-refractivity contribution in [2.45, 2.75) is 33.1 Å². The Labute approximate surface area is 140 Å². The number of hydrogen-bond acceptors (Lipinski definition) is 3. The largest absolute Gasteiger partial charge is 0.489 e. The molecule has 0 saturated heterocycles. The minimum Gasteiger partial charge on any atom is -0.489 e. The van der Waals surface area contributed by atoms with Crippen molar-refractivity contribution in [2.24, 2.45) is 0 Å². The van der Waals surface area contributed by atoms with E-state index in [1.54, 1.807) is 6.92 Å². The van der Waals surface area contributed by atoms with Crippen LogP contribution in [-0.4, -0.2) is 17.8 Å². The quantitative estimate of drug-likeness (QED) is 0.785. The maximum absolute atomic E-state index is 9.33. The van der Waals surface area contributed by atoms with E-state index in [-0.39, 0.29) is 6.10 Å². The van der Waals surface area contributed by atoms with Crippen molar-refractivity contribution in [3.8, 4) is 5.75 Å². The third kappa shape index (κ3) is 5.44. The lowest BCUT2D eigenvalue weighted by Gasteiger charge is -2.14. The topological polar surface area (TPSA) is 41.5 Å². The molecular formula is C18H22BrNO2. The molecule has 0 amide bonds. The highest BCUT2D eigenvalue weighted by atomic mass is 79.9. The fourth-order valence-electron chi connectivity index (χ4n) is 2.21. The Morgan fingerprint density at radius 3 is 2.77 bits per heavy atom. The van der Waals surface area contributed by atoms with Gasteiger partial charge >= 0.3 is 0 Å². The first-order valence-corrected chi connectivity index (χ1v) is 8.19. The van der Waals surface area contributed by atoms with Gasteiger partial charge in [-0.3, -0.25) is 0 Å². The van der Waals surface area contributed by atoms with Crippen molar-refractivity contribution in [3.63, 3.8) is 0 Å². The molecule has 0 fully saturated rings. The first-order valence-electron chi connectivity index (χ1n) is 7.40. The number of nitrogens with one attached hydrogen (secondary N) is 1. The van der Waals surface area contributed by atoms with Crippen LogP contribution < -0.4 is 10.1 Å². The number of halogens is 1. The molecule has 2 aromatic carbocycles. The van der Waals surface area contributed by atoms with E-state index >= 15 is 0 Å². The second-order valence-corrected chi connectivity index (χ2v) is 6.43. The summed E-state index contributed by atoms with van der Waals surface area (Å²) in [5.41, 5.74) is 3.46. The molecule has 22 heavy (non-hydrogen) atoms. The van der Waals surface area contributed by atoms with E-state index < -0.39 is 0 Å². The molecular weight excluding hydrogens is 342 g/mol. The fourth-order valence-corrected chi connectivity index (χ4v) is 2.61.